The summed E-state index contributed by atoms with van der Waals surface area (Å²) in [6, 6.07) is 8.63. The van der Waals surface area contributed by atoms with Crippen LogP contribution in [0.15, 0.2) is 30.3 Å². The normalized spacial score (nSPS) is 19.2. The number of esters is 1. The van der Waals surface area contributed by atoms with Crippen LogP contribution in [0.25, 0.3) is 0 Å². The quantitative estimate of drug-likeness (QED) is 0.572. The summed E-state index contributed by atoms with van der Waals surface area (Å²) in [5.41, 5.74) is 0. The largest absolute Gasteiger partial charge is 0.432 e. The smallest absolute Gasteiger partial charge is 0.408 e. The minimum Gasteiger partial charge on any atom is -0.432 e. The minimum atomic E-state index is -0.849. The van der Waals surface area contributed by atoms with Crippen LogP contribution < -0.4 is 10.1 Å². The predicted octanol–water partition coefficient (Wildman–Crippen LogP) is 0.700. The second kappa shape index (κ2) is 4.00. The van der Waals surface area contributed by atoms with E-state index in [-0.39, 0.29) is 6.54 Å². The molecule has 0 spiro atoms. The van der Waals surface area contributed by atoms with Gasteiger partial charge >= 0.3 is 12.1 Å². The molecular formula is C10H9NO4. The van der Waals surface area contributed by atoms with Crippen LogP contribution in [0, 0.1) is 0 Å². The minimum absolute atomic E-state index is 0.157. The van der Waals surface area contributed by atoms with Crippen molar-refractivity contribution in [3.05, 3.63) is 30.3 Å². The van der Waals surface area contributed by atoms with Gasteiger partial charge in [0, 0.05) is 0 Å². The van der Waals surface area contributed by atoms with E-state index in [9.17, 15) is 9.59 Å². The summed E-state index contributed by atoms with van der Waals surface area (Å²) >= 11 is 0. The number of carbonyl (C=O) groups is 2. The topological polar surface area (TPSA) is 64.6 Å². The Bertz CT molecular complexity index is 376. The van der Waals surface area contributed by atoms with Crippen LogP contribution in [0.3, 0.4) is 0 Å². The molecule has 1 amide bonds. The van der Waals surface area contributed by atoms with Gasteiger partial charge in [-0.25, -0.2) is 9.59 Å². The molecule has 1 heterocycles. The Morgan fingerprint density at radius 2 is 2.13 bits per heavy atom. The van der Waals surface area contributed by atoms with Crippen molar-refractivity contribution in [2.75, 3.05) is 6.54 Å². The second-order valence-electron chi connectivity index (χ2n) is 3.01. The molecule has 1 aliphatic heterocycles. The number of hydrogen-bond acceptors (Lipinski definition) is 4. The van der Waals surface area contributed by atoms with Gasteiger partial charge in [0.2, 0.25) is 6.10 Å². The summed E-state index contributed by atoms with van der Waals surface area (Å²) in [5, 5.41) is 2.37. The van der Waals surface area contributed by atoms with Crippen molar-refractivity contribution in [3.8, 4) is 5.75 Å². The third kappa shape index (κ3) is 2.25. The van der Waals surface area contributed by atoms with Crippen LogP contribution in [0.2, 0.25) is 0 Å². The average molecular weight is 207 g/mol. The molecule has 0 radical (unpaired) electrons. The highest BCUT2D eigenvalue weighted by Gasteiger charge is 2.30. The van der Waals surface area contributed by atoms with Crippen LogP contribution >= 0.6 is 0 Å². The molecular weight excluding hydrogens is 198 g/mol. The van der Waals surface area contributed by atoms with E-state index in [4.69, 9.17) is 4.74 Å². The lowest BCUT2D eigenvalue weighted by Crippen LogP contribution is -2.29. The zero-order valence-corrected chi connectivity index (χ0v) is 7.80. The van der Waals surface area contributed by atoms with Gasteiger partial charge in [-0.1, -0.05) is 18.2 Å². The fourth-order valence-corrected chi connectivity index (χ4v) is 1.19. The summed E-state index contributed by atoms with van der Waals surface area (Å²) in [7, 11) is 0. The lowest BCUT2D eigenvalue weighted by atomic mass is 10.3. The highest BCUT2D eigenvalue weighted by Crippen LogP contribution is 2.11. The molecule has 0 aliphatic carbocycles. The number of carbonyl (C=O) groups excluding carboxylic acids is 2. The molecule has 5 nitrogen and oxygen atoms in total. The Balaban J connectivity index is 1.96. The Hall–Kier alpha value is -2.04. The van der Waals surface area contributed by atoms with Gasteiger partial charge in [-0.3, -0.25) is 0 Å². The number of ether oxygens (including phenoxy) is 2. The highest BCUT2D eigenvalue weighted by atomic mass is 16.6. The van der Waals surface area contributed by atoms with Crippen molar-refractivity contribution in [2.24, 2.45) is 0 Å². The van der Waals surface area contributed by atoms with Gasteiger partial charge < -0.3 is 14.8 Å². The van der Waals surface area contributed by atoms with E-state index in [1.807, 2.05) is 6.07 Å². The number of rotatable bonds is 2. The Labute approximate surface area is 86.0 Å². The maximum atomic E-state index is 11.4. The molecule has 5 heteroatoms. The molecule has 15 heavy (non-hydrogen) atoms. The average Bonchev–Trinajstić information content (AvgIpc) is 2.66. The summed E-state index contributed by atoms with van der Waals surface area (Å²) in [6.45, 7) is 0.157. The Morgan fingerprint density at radius 3 is 2.73 bits per heavy atom. The first-order valence-electron chi connectivity index (χ1n) is 4.47. The monoisotopic (exact) mass is 207 g/mol. The third-order valence-corrected chi connectivity index (χ3v) is 1.91. The van der Waals surface area contributed by atoms with E-state index in [0.717, 1.165) is 0 Å². The molecule has 1 aromatic carbocycles. The van der Waals surface area contributed by atoms with Crippen LogP contribution in [-0.2, 0) is 9.53 Å². The molecule has 1 saturated heterocycles. The SMILES string of the molecule is O=C1NC[C@@H](C(=O)Oc2ccccc2)O1. The van der Waals surface area contributed by atoms with Gasteiger partial charge in [-0.2, -0.15) is 0 Å². The lowest BCUT2D eigenvalue weighted by molar-refractivity contribution is -0.141. The number of para-hydroxylation sites is 1. The molecule has 1 fully saturated rings. The van der Waals surface area contributed by atoms with Gasteiger partial charge in [0.15, 0.2) is 0 Å². The lowest BCUT2D eigenvalue weighted by Gasteiger charge is -2.07. The van der Waals surface area contributed by atoms with E-state index < -0.39 is 18.2 Å². The van der Waals surface area contributed by atoms with Crippen molar-refractivity contribution in [1.82, 2.24) is 5.32 Å². The van der Waals surface area contributed by atoms with E-state index in [1.165, 1.54) is 0 Å². The van der Waals surface area contributed by atoms with Crippen molar-refractivity contribution in [3.63, 3.8) is 0 Å². The Morgan fingerprint density at radius 1 is 1.40 bits per heavy atom. The molecule has 0 bridgehead atoms. The summed E-state index contributed by atoms with van der Waals surface area (Å²) in [4.78, 5) is 22.1. The fourth-order valence-electron chi connectivity index (χ4n) is 1.19. The number of cyclic esters (lactones) is 1. The highest BCUT2D eigenvalue weighted by molar-refractivity contribution is 5.83. The summed E-state index contributed by atoms with van der Waals surface area (Å²) < 4.78 is 9.66. The molecule has 1 aliphatic rings. The molecule has 78 valence electrons. The molecule has 1 atom stereocenters. The van der Waals surface area contributed by atoms with Gasteiger partial charge in [0.1, 0.15) is 5.75 Å². The number of amides is 1. The van der Waals surface area contributed by atoms with Gasteiger partial charge in [0.05, 0.1) is 6.54 Å². The predicted molar refractivity (Wildman–Crippen MR) is 50.3 cm³/mol. The number of nitrogens with one attached hydrogen (secondary N) is 1. The molecule has 0 aromatic heterocycles. The molecule has 1 aromatic rings. The van der Waals surface area contributed by atoms with Crippen molar-refractivity contribution in [2.45, 2.75) is 6.10 Å². The van der Waals surface area contributed by atoms with Gasteiger partial charge in [-0.05, 0) is 12.1 Å². The van der Waals surface area contributed by atoms with Crippen LogP contribution in [-0.4, -0.2) is 24.7 Å². The first-order valence-corrected chi connectivity index (χ1v) is 4.47. The first-order chi connectivity index (χ1) is 7.25. The third-order valence-electron chi connectivity index (χ3n) is 1.91. The molecule has 0 unspecified atom stereocenters. The molecule has 2 rings (SSSR count). The van der Waals surface area contributed by atoms with Crippen molar-refractivity contribution < 1.29 is 19.1 Å². The number of benzene rings is 1. The molecule has 1 N–H and O–H groups in total. The van der Waals surface area contributed by atoms with E-state index in [1.54, 1.807) is 24.3 Å². The van der Waals surface area contributed by atoms with E-state index in [0.29, 0.717) is 5.75 Å². The van der Waals surface area contributed by atoms with E-state index >= 15 is 0 Å². The maximum absolute atomic E-state index is 11.4. The second-order valence-corrected chi connectivity index (χ2v) is 3.01. The van der Waals surface area contributed by atoms with Gasteiger partial charge in [0.25, 0.3) is 0 Å². The fraction of sp³-hybridized carbons (Fsp3) is 0.200. The standard InChI is InChI=1S/C10H9NO4/c12-9(8-6-11-10(13)15-8)14-7-4-2-1-3-5-7/h1-5,8H,6H2,(H,11,13)/t8-/m0/s1. The van der Waals surface area contributed by atoms with Crippen LogP contribution in [0.4, 0.5) is 4.79 Å². The van der Waals surface area contributed by atoms with Crippen molar-refractivity contribution >= 4 is 12.1 Å². The van der Waals surface area contributed by atoms with Crippen LogP contribution in [0.1, 0.15) is 0 Å². The number of hydrogen-bond donors (Lipinski definition) is 1. The number of alkyl carbamates (subject to hydrolysis) is 1. The van der Waals surface area contributed by atoms with E-state index in [2.05, 4.69) is 10.1 Å². The first kappa shape index (κ1) is 9.51. The van der Waals surface area contributed by atoms with Crippen molar-refractivity contribution in [1.29, 1.82) is 0 Å². The Kier molecular flexibility index (Phi) is 2.53. The summed E-state index contributed by atoms with van der Waals surface area (Å²) in [5.74, 6) is -0.134. The summed E-state index contributed by atoms with van der Waals surface area (Å²) in [6.07, 6.45) is -1.44. The zero-order valence-electron chi connectivity index (χ0n) is 7.80. The molecule has 0 saturated carbocycles. The van der Waals surface area contributed by atoms with Gasteiger partial charge in [-0.15, -0.1) is 0 Å². The van der Waals surface area contributed by atoms with Crippen LogP contribution in [0.5, 0.6) is 5.75 Å². The maximum Gasteiger partial charge on any atom is 0.408 e. The zero-order chi connectivity index (χ0) is 10.7.